The molecule has 0 unspecified atom stereocenters. The fourth-order valence-corrected chi connectivity index (χ4v) is 1.29. The Hall–Kier alpha value is 2.85. The Morgan fingerprint density at radius 1 is 1.40 bits per heavy atom. The molecule has 0 saturated carbocycles. The molecule has 0 bridgehead atoms. The van der Waals surface area contributed by atoms with Crippen LogP contribution in [0.4, 0.5) is 0 Å². The van der Waals surface area contributed by atoms with E-state index in [1.807, 2.05) is 13.8 Å². The van der Waals surface area contributed by atoms with Crippen molar-refractivity contribution in [2.24, 2.45) is 11.7 Å². The zero-order valence-corrected chi connectivity index (χ0v) is 8.49. The van der Waals surface area contributed by atoms with Crippen LogP contribution in [0.1, 0.15) is 20.3 Å². The number of amides is 1. The van der Waals surface area contributed by atoms with E-state index in [0.717, 1.165) is 0 Å². The van der Waals surface area contributed by atoms with Crippen LogP contribution in [0.5, 0.6) is 0 Å². The molecule has 0 radical (unpaired) electrons. The summed E-state index contributed by atoms with van der Waals surface area (Å²) >= 11 is 0. The molecule has 0 spiro atoms. The average Bonchev–Trinajstić information content (AvgIpc) is 1.81. The molecule has 6 nitrogen and oxygen atoms in total. The SMILES string of the molecule is CC(C)C[C@H](N)C(=O)NP(=O)(O)O.[KH].[KH]. The van der Waals surface area contributed by atoms with Crippen LogP contribution in [0.25, 0.3) is 0 Å². The molecular weight excluding hydrogens is 273 g/mol. The number of hydrogen-bond acceptors (Lipinski definition) is 3. The number of hydrogen-bond donors (Lipinski definition) is 4. The Morgan fingerprint density at radius 2 is 1.80 bits per heavy atom. The predicted octanol–water partition coefficient (Wildman–Crippen LogP) is -1.73. The van der Waals surface area contributed by atoms with E-state index in [0.29, 0.717) is 6.42 Å². The molecule has 9 heteroatoms. The van der Waals surface area contributed by atoms with Crippen LogP contribution in [0.3, 0.4) is 0 Å². The molecule has 5 N–H and O–H groups in total. The van der Waals surface area contributed by atoms with Crippen LogP contribution in [0.15, 0.2) is 0 Å². The maximum absolute atomic E-state index is 11.0. The van der Waals surface area contributed by atoms with Gasteiger partial charge >= 0.3 is 111 Å². The summed E-state index contributed by atoms with van der Waals surface area (Å²) in [5.41, 5.74) is 5.37. The fraction of sp³-hybridized carbons (Fsp3) is 0.833. The van der Waals surface area contributed by atoms with Gasteiger partial charge < -0.3 is 15.5 Å². The molecule has 1 amide bonds. The van der Waals surface area contributed by atoms with E-state index in [2.05, 4.69) is 0 Å². The summed E-state index contributed by atoms with van der Waals surface area (Å²) < 4.78 is 10.3. The zero-order valence-electron chi connectivity index (χ0n) is 7.60. The van der Waals surface area contributed by atoms with Crippen LogP contribution in [0, 0.1) is 5.92 Å². The van der Waals surface area contributed by atoms with Gasteiger partial charge in [-0.2, -0.15) is 0 Å². The summed E-state index contributed by atoms with van der Waals surface area (Å²) in [6.07, 6.45) is 0.395. The summed E-state index contributed by atoms with van der Waals surface area (Å²) in [4.78, 5) is 27.8. The van der Waals surface area contributed by atoms with Gasteiger partial charge in [-0.15, -0.1) is 0 Å². The van der Waals surface area contributed by atoms with Crippen molar-refractivity contribution in [3.8, 4) is 0 Å². The third-order valence-electron chi connectivity index (χ3n) is 1.32. The third-order valence-corrected chi connectivity index (χ3v) is 1.83. The molecule has 0 aromatic rings. The summed E-state index contributed by atoms with van der Waals surface area (Å²) in [6.45, 7) is 3.73. The molecule has 0 aliphatic carbocycles. The summed E-state index contributed by atoms with van der Waals surface area (Å²) in [5, 5.41) is 1.53. The Bertz CT molecular complexity index is 233. The van der Waals surface area contributed by atoms with Crippen LogP contribution in [-0.2, 0) is 9.36 Å². The van der Waals surface area contributed by atoms with E-state index in [1.54, 1.807) is 0 Å². The topological polar surface area (TPSA) is 113 Å². The van der Waals surface area contributed by atoms with Crippen LogP contribution >= 0.6 is 7.75 Å². The van der Waals surface area contributed by atoms with Gasteiger partial charge in [0.1, 0.15) is 0 Å². The van der Waals surface area contributed by atoms with Gasteiger partial charge in [0, 0.05) is 0 Å². The van der Waals surface area contributed by atoms with Crippen molar-refractivity contribution in [3.63, 3.8) is 0 Å². The molecule has 0 heterocycles. The first kappa shape index (κ1) is 23.0. The van der Waals surface area contributed by atoms with E-state index in [4.69, 9.17) is 15.5 Å². The number of carbonyl (C=O) groups excluding carboxylic acids is 1. The van der Waals surface area contributed by atoms with Gasteiger partial charge in [-0.1, -0.05) is 13.8 Å². The molecule has 0 aliphatic rings. The normalized spacial score (nSPS) is 12.4. The molecule has 15 heavy (non-hydrogen) atoms. The third kappa shape index (κ3) is 14.8. The van der Waals surface area contributed by atoms with Gasteiger partial charge in [0.05, 0.1) is 6.04 Å². The Balaban J connectivity index is -0.000000720. The van der Waals surface area contributed by atoms with Crippen LogP contribution in [-0.4, -0.2) is 125 Å². The monoisotopic (exact) mass is 290 g/mol. The second kappa shape index (κ2) is 10.7. The Kier molecular flexibility index (Phi) is 16.5. The molecule has 1 atom stereocenters. The minimum atomic E-state index is -4.50. The van der Waals surface area contributed by atoms with E-state index in [9.17, 15) is 9.36 Å². The first-order chi connectivity index (χ1) is 5.72. The molecule has 0 rings (SSSR count). The van der Waals surface area contributed by atoms with E-state index < -0.39 is 19.7 Å². The van der Waals surface area contributed by atoms with Crippen LogP contribution < -0.4 is 10.8 Å². The molecular formula is C6H17K2N2O4P. The standard InChI is InChI=1S/C6H15N2O4P.2K.2H/c1-4(2)3-5(7)6(9)8-13(10,11)12;;;;/h4-5H,3,7H2,1-2H3,(H3,8,9,10,11,12);;;;/t5-;;;;/m0..../s1. The van der Waals surface area contributed by atoms with Crippen molar-refractivity contribution in [2.45, 2.75) is 26.3 Å². The summed E-state index contributed by atoms with van der Waals surface area (Å²) in [6, 6.07) is -0.868. The number of nitrogens with one attached hydrogen (secondary N) is 1. The van der Waals surface area contributed by atoms with E-state index in [-0.39, 0.29) is 109 Å². The quantitative estimate of drug-likeness (QED) is 0.363. The number of rotatable bonds is 4. The number of carbonyl (C=O) groups is 1. The number of nitrogens with two attached hydrogens (primary N) is 1. The van der Waals surface area contributed by atoms with Crippen molar-refractivity contribution in [3.05, 3.63) is 0 Å². The summed E-state index contributed by atoms with van der Waals surface area (Å²) in [5.74, 6) is -0.612. The Labute approximate surface area is 175 Å². The molecule has 82 valence electrons. The van der Waals surface area contributed by atoms with Crippen molar-refractivity contribution >= 4 is 116 Å². The van der Waals surface area contributed by atoms with Gasteiger partial charge in [0.25, 0.3) is 0 Å². The van der Waals surface area contributed by atoms with Gasteiger partial charge in [-0.3, -0.25) is 9.88 Å². The molecule has 0 aliphatic heterocycles. The van der Waals surface area contributed by atoms with Crippen LogP contribution in [0.2, 0.25) is 0 Å². The first-order valence-corrected chi connectivity index (χ1v) is 5.47. The minimum absolute atomic E-state index is 0. The molecule has 0 fully saturated rings. The average molecular weight is 290 g/mol. The van der Waals surface area contributed by atoms with Crippen molar-refractivity contribution in [1.29, 1.82) is 0 Å². The predicted molar refractivity (Wildman–Crippen MR) is 61.9 cm³/mol. The molecule has 0 aromatic carbocycles. The fourth-order valence-electron chi connectivity index (χ4n) is 0.841. The van der Waals surface area contributed by atoms with Crippen molar-refractivity contribution in [2.75, 3.05) is 0 Å². The van der Waals surface area contributed by atoms with Gasteiger partial charge in [-0.25, -0.2) is 4.57 Å². The maximum atomic E-state index is 11.0. The first-order valence-electron chi connectivity index (χ1n) is 3.85. The second-order valence-electron chi connectivity index (χ2n) is 3.26. The van der Waals surface area contributed by atoms with Crippen molar-refractivity contribution in [1.82, 2.24) is 5.09 Å². The zero-order chi connectivity index (χ0) is 10.6. The van der Waals surface area contributed by atoms with E-state index >= 15 is 0 Å². The van der Waals surface area contributed by atoms with Crippen molar-refractivity contribution < 1.29 is 19.1 Å². The Morgan fingerprint density at radius 3 is 2.07 bits per heavy atom. The van der Waals surface area contributed by atoms with Gasteiger partial charge in [-0.05, 0) is 12.3 Å². The summed E-state index contributed by atoms with van der Waals surface area (Å²) in [7, 11) is -4.50. The molecule has 0 aromatic heterocycles. The second-order valence-corrected chi connectivity index (χ2v) is 4.57. The van der Waals surface area contributed by atoms with Gasteiger partial charge in [0.2, 0.25) is 5.91 Å². The van der Waals surface area contributed by atoms with E-state index in [1.165, 1.54) is 5.09 Å². The van der Waals surface area contributed by atoms with Gasteiger partial charge in [0.15, 0.2) is 0 Å². The molecule has 0 saturated heterocycles.